The first-order chi connectivity index (χ1) is 12.5. The van der Waals surface area contributed by atoms with Crippen molar-refractivity contribution in [3.05, 3.63) is 0 Å². The van der Waals surface area contributed by atoms with Gasteiger partial charge in [0, 0.05) is 13.0 Å². The summed E-state index contributed by atoms with van der Waals surface area (Å²) in [6.07, 6.45) is 21.3. The second-order valence-corrected chi connectivity index (χ2v) is 9.45. The Morgan fingerprint density at radius 1 is 0.462 bits per heavy atom. The Kier molecular flexibility index (Phi) is 18.2. The molecule has 0 radical (unpaired) electrons. The van der Waals surface area contributed by atoms with Gasteiger partial charge in [0.25, 0.3) is 0 Å². The van der Waals surface area contributed by atoms with Crippen LogP contribution in [-0.4, -0.2) is 56.7 Å². The van der Waals surface area contributed by atoms with Gasteiger partial charge in [-0.15, -0.1) is 0 Å². The SMILES string of the molecule is CCCCCCCCCCN(CCCCCCCC)CCC[N+](C)(C)C. The van der Waals surface area contributed by atoms with E-state index in [1.807, 2.05) is 0 Å². The van der Waals surface area contributed by atoms with E-state index >= 15 is 0 Å². The van der Waals surface area contributed by atoms with Crippen molar-refractivity contribution in [3.8, 4) is 0 Å². The molecule has 0 saturated heterocycles. The first-order valence-electron chi connectivity index (χ1n) is 12.0. The van der Waals surface area contributed by atoms with E-state index in [2.05, 4.69) is 39.9 Å². The lowest BCUT2D eigenvalue weighted by Gasteiger charge is -2.27. The van der Waals surface area contributed by atoms with Crippen LogP contribution in [0, 0.1) is 0 Å². The summed E-state index contributed by atoms with van der Waals surface area (Å²) in [6.45, 7) is 9.88. The molecule has 0 N–H and O–H groups in total. The van der Waals surface area contributed by atoms with Crippen LogP contribution in [0.25, 0.3) is 0 Å². The lowest BCUT2D eigenvalue weighted by Crippen LogP contribution is -2.38. The van der Waals surface area contributed by atoms with E-state index in [1.165, 1.54) is 122 Å². The second-order valence-electron chi connectivity index (χ2n) is 9.45. The van der Waals surface area contributed by atoms with E-state index in [0.717, 1.165) is 4.48 Å². The van der Waals surface area contributed by atoms with Crippen LogP contribution in [0.3, 0.4) is 0 Å². The Morgan fingerprint density at radius 2 is 0.808 bits per heavy atom. The number of quaternary nitrogens is 1. The quantitative estimate of drug-likeness (QED) is 0.167. The van der Waals surface area contributed by atoms with Gasteiger partial charge in [-0.3, -0.25) is 0 Å². The van der Waals surface area contributed by atoms with E-state index in [9.17, 15) is 0 Å². The van der Waals surface area contributed by atoms with Crippen LogP contribution < -0.4 is 0 Å². The predicted molar refractivity (Wildman–Crippen MR) is 120 cm³/mol. The van der Waals surface area contributed by atoms with Gasteiger partial charge >= 0.3 is 0 Å². The largest absolute Gasteiger partial charge is 0.331 e. The van der Waals surface area contributed by atoms with Gasteiger partial charge in [0.15, 0.2) is 0 Å². The van der Waals surface area contributed by atoms with Gasteiger partial charge in [-0.1, -0.05) is 90.9 Å². The number of hydrogen-bond donors (Lipinski definition) is 0. The lowest BCUT2D eigenvalue weighted by atomic mass is 10.1. The molecule has 0 heterocycles. The highest BCUT2D eigenvalue weighted by molar-refractivity contribution is 4.60. The predicted octanol–water partition coefficient (Wildman–Crippen LogP) is 6.89. The van der Waals surface area contributed by atoms with Crippen LogP contribution in [0.15, 0.2) is 0 Å². The van der Waals surface area contributed by atoms with Crippen LogP contribution >= 0.6 is 0 Å². The topological polar surface area (TPSA) is 3.24 Å². The number of rotatable bonds is 20. The van der Waals surface area contributed by atoms with Crippen LogP contribution in [-0.2, 0) is 0 Å². The zero-order valence-electron chi connectivity index (χ0n) is 19.3. The standard InChI is InChI=1S/C24H53N2/c1-6-8-10-12-14-15-17-19-22-25(23-20-24-26(3,4)5)21-18-16-13-11-9-7-2/h6-24H2,1-5H3/q+1. The molecule has 0 amide bonds. The van der Waals surface area contributed by atoms with Crippen LogP contribution in [0.1, 0.15) is 110 Å². The van der Waals surface area contributed by atoms with E-state index in [0.29, 0.717) is 0 Å². The minimum atomic E-state index is 1.10. The third-order valence-corrected chi connectivity index (χ3v) is 5.46. The molecule has 0 unspecified atom stereocenters. The van der Waals surface area contributed by atoms with Gasteiger partial charge in [0.1, 0.15) is 0 Å². The minimum absolute atomic E-state index is 1.10. The zero-order valence-corrected chi connectivity index (χ0v) is 19.3. The molecule has 2 nitrogen and oxygen atoms in total. The van der Waals surface area contributed by atoms with Crippen LogP contribution in [0.4, 0.5) is 0 Å². The Labute approximate surface area is 167 Å². The molecule has 158 valence electrons. The fraction of sp³-hybridized carbons (Fsp3) is 1.00. The average molecular weight is 370 g/mol. The molecule has 0 spiro atoms. The summed E-state index contributed by atoms with van der Waals surface area (Å²) in [7, 11) is 6.95. The summed E-state index contributed by atoms with van der Waals surface area (Å²) >= 11 is 0. The third-order valence-electron chi connectivity index (χ3n) is 5.46. The van der Waals surface area contributed by atoms with Gasteiger partial charge in [-0.05, 0) is 25.9 Å². The van der Waals surface area contributed by atoms with Crippen molar-refractivity contribution in [2.24, 2.45) is 0 Å². The van der Waals surface area contributed by atoms with Crippen molar-refractivity contribution in [1.29, 1.82) is 0 Å². The Balaban J connectivity index is 3.85. The molecule has 0 rings (SSSR count). The molecule has 0 aliphatic rings. The third kappa shape index (κ3) is 20.2. The maximum atomic E-state index is 2.77. The minimum Gasteiger partial charge on any atom is -0.331 e. The van der Waals surface area contributed by atoms with E-state index in [4.69, 9.17) is 0 Å². The average Bonchev–Trinajstić information content (AvgIpc) is 2.58. The van der Waals surface area contributed by atoms with Gasteiger partial charge in [0.05, 0.1) is 27.7 Å². The first kappa shape index (κ1) is 25.9. The van der Waals surface area contributed by atoms with Crippen molar-refractivity contribution < 1.29 is 4.48 Å². The fourth-order valence-electron chi connectivity index (χ4n) is 3.69. The van der Waals surface area contributed by atoms with Crippen molar-refractivity contribution in [2.45, 2.75) is 110 Å². The highest BCUT2D eigenvalue weighted by atomic mass is 15.3. The van der Waals surface area contributed by atoms with Crippen LogP contribution in [0.5, 0.6) is 0 Å². The zero-order chi connectivity index (χ0) is 19.5. The molecule has 0 aromatic heterocycles. The molecule has 0 aromatic carbocycles. The maximum absolute atomic E-state index is 2.77. The molecule has 0 aliphatic carbocycles. The molecule has 0 aromatic rings. The van der Waals surface area contributed by atoms with E-state index in [-0.39, 0.29) is 0 Å². The number of nitrogens with zero attached hydrogens (tertiary/aromatic N) is 2. The molecule has 0 atom stereocenters. The number of hydrogen-bond acceptors (Lipinski definition) is 1. The van der Waals surface area contributed by atoms with Crippen LogP contribution in [0.2, 0.25) is 0 Å². The fourth-order valence-corrected chi connectivity index (χ4v) is 3.69. The van der Waals surface area contributed by atoms with E-state index in [1.54, 1.807) is 0 Å². The summed E-state index contributed by atoms with van der Waals surface area (Å²) in [6, 6.07) is 0. The normalized spacial score (nSPS) is 12.2. The molecular weight excluding hydrogens is 316 g/mol. The first-order valence-corrected chi connectivity index (χ1v) is 12.0. The van der Waals surface area contributed by atoms with Gasteiger partial charge in [-0.25, -0.2) is 0 Å². The molecule has 2 heteroatoms. The highest BCUT2D eigenvalue weighted by Gasteiger charge is 2.09. The second kappa shape index (κ2) is 18.3. The van der Waals surface area contributed by atoms with Gasteiger partial charge in [-0.2, -0.15) is 0 Å². The Bertz CT molecular complexity index is 270. The van der Waals surface area contributed by atoms with Gasteiger partial charge in [0.2, 0.25) is 0 Å². The maximum Gasteiger partial charge on any atom is 0.0792 e. The molecule has 0 aliphatic heterocycles. The lowest BCUT2D eigenvalue weighted by molar-refractivity contribution is -0.870. The van der Waals surface area contributed by atoms with Crippen molar-refractivity contribution >= 4 is 0 Å². The summed E-state index contributed by atoms with van der Waals surface area (Å²) < 4.78 is 1.10. The van der Waals surface area contributed by atoms with Gasteiger partial charge < -0.3 is 9.38 Å². The number of unbranched alkanes of at least 4 members (excludes halogenated alkanes) is 12. The van der Waals surface area contributed by atoms with E-state index < -0.39 is 0 Å². The Morgan fingerprint density at radius 3 is 1.19 bits per heavy atom. The van der Waals surface area contributed by atoms with Crippen molar-refractivity contribution in [3.63, 3.8) is 0 Å². The summed E-state index contributed by atoms with van der Waals surface area (Å²) in [5.74, 6) is 0. The summed E-state index contributed by atoms with van der Waals surface area (Å²) in [4.78, 5) is 2.77. The summed E-state index contributed by atoms with van der Waals surface area (Å²) in [5, 5.41) is 0. The molecule has 0 saturated carbocycles. The molecule has 0 bridgehead atoms. The highest BCUT2D eigenvalue weighted by Crippen LogP contribution is 2.11. The molecule has 26 heavy (non-hydrogen) atoms. The summed E-state index contributed by atoms with van der Waals surface area (Å²) in [5.41, 5.74) is 0. The smallest absolute Gasteiger partial charge is 0.0792 e. The van der Waals surface area contributed by atoms with Crippen molar-refractivity contribution in [2.75, 3.05) is 47.3 Å². The molecule has 0 fully saturated rings. The Hall–Kier alpha value is -0.0800. The van der Waals surface area contributed by atoms with Crippen molar-refractivity contribution in [1.82, 2.24) is 4.90 Å². The monoisotopic (exact) mass is 369 g/mol. The molecular formula is C24H53N2+.